The van der Waals surface area contributed by atoms with Crippen LogP contribution in [0, 0.1) is 11.3 Å². The molecule has 0 aromatic heterocycles. The van der Waals surface area contributed by atoms with Crippen molar-refractivity contribution in [1.82, 2.24) is 4.90 Å². The number of hydrogen-bond acceptors (Lipinski definition) is 2. The van der Waals surface area contributed by atoms with E-state index in [0.717, 1.165) is 19.1 Å². The Morgan fingerprint density at radius 3 is 2.83 bits per heavy atom. The maximum atomic E-state index is 5.52. The molecule has 2 heteroatoms. The number of nitrogens with zero attached hydrogens (tertiary/aromatic N) is 1. The van der Waals surface area contributed by atoms with Crippen LogP contribution >= 0.6 is 0 Å². The molecule has 2 nitrogen and oxygen atoms in total. The third-order valence-electron chi connectivity index (χ3n) is 3.49. The average molecular weight is 169 g/mol. The fourth-order valence-electron chi connectivity index (χ4n) is 2.41. The van der Waals surface area contributed by atoms with Gasteiger partial charge in [-0.25, -0.2) is 0 Å². The van der Waals surface area contributed by atoms with Gasteiger partial charge in [0, 0.05) is 30.5 Å². The van der Waals surface area contributed by atoms with Crippen LogP contribution in [0.2, 0.25) is 0 Å². The van der Waals surface area contributed by atoms with Crippen LogP contribution in [-0.2, 0) is 4.74 Å². The van der Waals surface area contributed by atoms with Gasteiger partial charge in [-0.1, -0.05) is 6.92 Å². The summed E-state index contributed by atoms with van der Waals surface area (Å²) >= 11 is 0. The molecule has 2 saturated heterocycles. The lowest BCUT2D eigenvalue weighted by Gasteiger charge is -2.24. The highest BCUT2D eigenvalue weighted by atomic mass is 16.5. The van der Waals surface area contributed by atoms with Crippen molar-refractivity contribution in [1.29, 1.82) is 0 Å². The summed E-state index contributed by atoms with van der Waals surface area (Å²) in [5.74, 6) is 0.792. The molecule has 0 N–H and O–H groups in total. The van der Waals surface area contributed by atoms with Crippen molar-refractivity contribution in [2.45, 2.75) is 26.8 Å². The highest BCUT2D eigenvalue weighted by Crippen LogP contribution is 2.41. The van der Waals surface area contributed by atoms with E-state index in [1.54, 1.807) is 0 Å². The van der Waals surface area contributed by atoms with Crippen molar-refractivity contribution in [2.75, 3.05) is 26.3 Å². The zero-order chi connectivity index (χ0) is 8.77. The predicted octanol–water partition coefficient (Wildman–Crippen LogP) is 1.36. The molecule has 2 rings (SSSR count). The summed E-state index contributed by atoms with van der Waals surface area (Å²) in [6, 6.07) is 0.701. The van der Waals surface area contributed by atoms with E-state index in [4.69, 9.17) is 4.74 Å². The zero-order valence-electron chi connectivity index (χ0n) is 8.34. The molecule has 2 heterocycles. The number of rotatable bonds is 1. The molecule has 0 aromatic rings. The van der Waals surface area contributed by atoms with Crippen LogP contribution in [0.25, 0.3) is 0 Å². The fraction of sp³-hybridized carbons (Fsp3) is 1.00. The molecule has 0 spiro atoms. The Bertz CT molecular complexity index is 181. The van der Waals surface area contributed by atoms with Crippen LogP contribution < -0.4 is 0 Å². The van der Waals surface area contributed by atoms with Gasteiger partial charge in [-0.3, -0.25) is 4.90 Å². The van der Waals surface area contributed by atoms with Gasteiger partial charge >= 0.3 is 0 Å². The molecular formula is C10H19NO. The second-order valence-electron chi connectivity index (χ2n) is 4.89. The van der Waals surface area contributed by atoms with Crippen LogP contribution in [0.3, 0.4) is 0 Å². The molecule has 2 atom stereocenters. The molecule has 0 aromatic carbocycles. The van der Waals surface area contributed by atoms with Gasteiger partial charge in [0.1, 0.15) is 0 Å². The molecule has 0 amide bonds. The first-order valence-electron chi connectivity index (χ1n) is 4.93. The summed E-state index contributed by atoms with van der Waals surface area (Å²) in [6.45, 7) is 11.4. The van der Waals surface area contributed by atoms with Crippen LogP contribution in [0.4, 0.5) is 0 Å². The second kappa shape index (κ2) is 2.71. The first-order chi connectivity index (χ1) is 5.62. The molecular weight excluding hydrogens is 150 g/mol. The maximum absolute atomic E-state index is 5.52. The average Bonchev–Trinajstić information content (AvgIpc) is 2.41. The summed E-state index contributed by atoms with van der Waals surface area (Å²) < 4.78 is 5.52. The van der Waals surface area contributed by atoms with Crippen LogP contribution in [0.5, 0.6) is 0 Å². The second-order valence-corrected chi connectivity index (χ2v) is 4.89. The van der Waals surface area contributed by atoms with E-state index in [2.05, 4.69) is 25.7 Å². The number of hydrogen-bond donors (Lipinski definition) is 0. The number of likely N-dealkylation sites (tertiary alicyclic amines) is 1. The smallest absolute Gasteiger partial charge is 0.0536 e. The first kappa shape index (κ1) is 8.52. The van der Waals surface area contributed by atoms with Crippen molar-refractivity contribution in [3.05, 3.63) is 0 Å². The number of ether oxygens (including phenoxy) is 1. The normalized spacial score (nSPS) is 42.5. The molecule has 70 valence electrons. The van der Waals surface area contributed by atoms with Gasteiger partial charge in [-0.15, -0.1) is 0 Å². The molecule has 0 unspecified atom stereocenters. The lowest BCUT2D eigenvalue weighted by atomic mass is 9.83. The van der Waals surface area contributed by atoms with Gasteiger partial charge < -0.3 is 4.74 Å². The van der Waals surface area contributed by atoms with Crippen LogP contribution in [0.15, 0.2) is 0 Å². The topological polar surface area (TPSA) is 12.5 Å². The van der Waals surface area contributed by atoms with E-state index in [9.17, 15) is 0 Å². The summed E-state index contributed by atoms with van der Waals surface area (Å²) in [5, 5.41) is 0. The zero-order valence-corrected chi connectivity index (χ0v) is 8.34. The number of fused-ring (bicyclic) bond motifs is 1. The van der Waals surface area contributed by atoms with Crippen molar-refractivity contribution in [3.63, 3.8) is 0 Å². The minimum Gasteiger partial charge on any atom is -0.380 e. The Morgan fingerprint density at radius 1 is 1.50 bits per heavy atom. The molecule has 2 aliphatic heterocycles. The fourth-order valence-corrected chi connectivity index (χ4v) is 2.41. The standard InChI is InChI=1S/C10H19NO/c1-8(2)11-4-9-5-12-7-10(9,3)6-11/h8-9H,4-7H2,1-3H3/t9-,10+/m1/s1. The lowest BCUT2D eigenvalue weighted by molar-refractivity contribution is 0.126. The maximum Gasteiger partial charge on any atom is 0.0536 e. The Morgan fingerprint density at radius 2 is 2.25 bits per heavy atom. The van der Waals surface area contributed by atoms with Crippen molar-refractivity contribution in [3.8, 4) is 0 Å². The van der Waals surface area contributed by atoms with E-state index in [1.807, 2.05) is 0 Å². The van der Waals surface area contributed by atoms with E-state index < -0.39 is 0 Å². The van der Waals surface area contributed by atoms with Crippen LogP contribution in [-0.4, -0.2) is 37.2 Å². The summed E-state index contributed by atoms with van der Waals surface area (Å²) in [7, 11) is 0. The first-order valence-corrected chi connectivity index (χ1v) is 4.93. The Labute approximate surface area is 74.9 Å². The lowest BCUT2D eigenvalue weighted by Crippen LogP contribution is -2.32. The highest BCUT2D eigenvalue weighted by Gasteiger charge is 2.47. The van der Waals surface area contributed by atoms with Crippen molar-refractivity contribution < 1.29 is 4.74 Å². The van der Waals surface area contributed by atoms with Gasteiger partial charge in [0.15, 0.2) is 0 Å². The predicted molar refractivity (Wildman–Crippen MR) is 49.1 cm³/mol. The molecule has 0 saturated carbocycles. The minimum atomic E-state index is 0.463. The molecule has 0 radical (unpaired) electrons. The Kier molecular flexibility index (Phi) is 1.92. The molecule has 0 aliphatic carbocycles. The Hall–Kier alpha value is -0.0800. The molecule has 0 bridgehead atoms. The third-order valence-corrected chi connectivity index (χ3v) is 3.49. The quantitative estimate of drug-likeness (QED) is 0.587. The Balaban J connectivity index is 2.06. The van der Waals surface area contributed by atoms with E-state index >= 15 is 0 Å². The highest BCUT2D eigenvalue weighted by molar-refractivity contribution is 4.97. The summed E-state index contributed by atoms with van der Waals surface area (Å²) in [4.78, 5) is 2.58. The van der Waals surface area contributed by atoms with Gasteiger partial charge in [-0.2, -0.15) is 0 Å². The summed E-state index contributed by atoms with van der Waals surface area (Å²) in [6.07, 6.45) is 0. The molecule has 2 aliphatic rings. The van der Waals surface area contributed by atoms with Gasteiger partial charge in [0.05, 0.1) is 13.2 Å². The van der Waals surface area contributed by atoms with E-state index in [1.165, 1.54) is 13.1 Å². The summed E-state index contributed by atoms with van der Waals surface area (Å²) in [5.41, 5.74) is 0.463. The van der Waals surface area contributed by atoms with Gasteiger partial charge in [0.25, 0.3) is 0 Å². The minimum absolute atomic E-state index is 0.463. The largest absolute Gasteiger partial charge is 0.380 e. The molecule has 2 fully saturated rings. The molecule has 12 heavy (non-hydrogen) atoms. The van der Waals surface area contributed by atoms with Crippen LogP contribution in [0.1, 0.15) is 20.8 Å². The monoisotopic (exact) mass is 169 g/mol. The van der Waals surface area contributed by atoms with Crippen molar-refractivity contribution in [2.24, 2.45) is 11.3 Å². The van der Waals surface area contributed by atoms with Gasteiger partial charge in [-0.05, 0) is 13.8 Å². The SMILES string of the molecule is CC(C)N1C[C@@H]2COC[C@]2(C)C1. The van der Waals surface area contributed by atoms with E-state index in [-0.39, 0.29) is 0 Å². The van der Waals surface area contributed by atoms with E-state index in [0.29, 0.717) is 11.5 Å². The van der Waals surface area contributed by atoms with Gasteiger partial charge in [0.2, 0.25) is 0 Å². The third kappa shape index (κ3) is 1.17. The van der Waals surface area contributed by atoms with Crippen molar-refractivity contribution >= 4 is 0 Å².